The second-order valence-corrected chi connectivity index (χ2v) is 8.76. The molecule has 0 aromatic carbocycles. The Kier molecular flexibility index (Phi) is 6.33. The summed E-state index contributed by atoms with van der Waals surface area (Å²) >= 11 is 0. The number of carbonyl (C=O) groups excluding carboxylic acids is 1. The fourth-order valence-electron chi connectivity index (χ4n) is 4.38. The molecule has 6 nitrogen and oxygen atoms in total. The van der Waals surface area contributed by atoms with Crippen LogP contribution < -0.4 is 5.32 Å². The van der Waals surface area contributed by atoms with Crippen molar-refractivity contribution in [1.29, 1.82) is 0 Å². The Labute approximate surface area is 144 Å². The molecule has 2 saturated heterocycles. The van der Waals surface area contributed by atoms with Gasteiger partial charge in [0.2, 0.25) is 10.0 Å². The molecular weight excluding hydrogens is 340 g/mol. The summed E-state index contributed by atoms with van der Waals surface area (Å²) in [6.07, 6.45) is 5.71. The Bertz CT molecular complexity index is 514. The van der Waals surface area contributed by atoms with Crippen LogP contribution in [0.5, 0.6) is 0 Å². The van der Waals surface area contributed by atoms with E-state index >= 15 is 0 Å². The van der Waals surface area contributed by atoms with Crippen molar-refractivity contribution >= 4 is 28.4 Å². The van der Waals surface area contributed by atoms with E-state index < -0.39 is 21.2 Å². The molecule has 4 unspecified atom stereocenters. The van der Waals surface area contributed by atoms with Crippen LogP contribution in [0, 0.1) is 5.92 Å². The minimum atomic E-state index is -3.46. The second kappa shape index (κ2) is 7.68. The fraction of sp³-hybridized carbons (Fsp3) is 0.933. The summed E-state index contributed by atoms with van der Waals surface area (Å²) in [5, 5.41) is 2.73. The molecule has 0 aromatic rings. The summed E-state index contributed by atoms with van der Waals surface area (Å²) in [6.45, 7) is 1.60. The summed E-state index contributed by atoms with van der Waals surface area (Å²) in [6, 6.07) is 0.156. The molecule has 23 heavy (non-hydrogen) atoms. The molecule has 0 spiro atoms. The van der Waals surface area contributed by atoms with E-state index in [1.807, 2.05) is 0 Å². The van der Waals surface area contributed by atoms with Gasteiger partial charge in [-0.25, -0.2) is 8.42 Å². The highest BCUT2D eigenvalue weighted by atomic mass is 35.5. The largest absolute Gasteiger partial charge is 0.469 e. The number of halogens is 1. The molecule has 0 radical (unpaired) electrons. The number of nitrogens with zero attached hydrogens (tertiary/aromatic N) is 1. The average Bonchev–Trinajstić information content (AvgIpc) is 2.80. The number of sulfonamides is 1. The molecule has 2 aliphatic heterocycles. The van der Waals surface area contributed by atoms with Gasteiger partial charge in [-0.1, -0.05) is 12.8 Å². The average molecular weight is 367 g/mol. The molecule has 4 atom stereocenters. The van der Waals surface area contributed by atoms with Crippen LogP contribution in [0.25, 0.3) is 0 Å². The molecule has 3 aliphatic rings. The predicted octanol–water partition coefficient (Wildman–Crippen LogP) is 1.30. The highest BCUT2D eigenvalue weighted by Crippen LogP contribution is 2.38. The number of hydrogen-bond donors (Lipinski definition) is 1. The van der Waals surface area contributed by atoms with E-state index in [2.05, 4.69) is 5.32 Å². The SMILES string of the molecule is COC(=O)C1CCCCC1S(=O)(=O)N1C2CCNCC1CC2.Cl. The number of fused-ring (bicyclic) bond motifs is 2. The number of nitrogens with one attached hydrogen (secondary N) is 1. The molecule has 2 bridgehead atoms. The lowest BCUT2D eigenvalue weighted by atomic mass is 9.89. The maximum Gasteiger partial charge on any atom is 0.310 e. The number of carbonyl (C=O) groups is 1. The smallest absolute Gasteiger partial charge is 0.310 e. The third-order valence-corrected chi connectivity index (χ3v) is 7.98. The predicted molar refractivity (Wildman–Crippen MR) is 90.1 cm³/mol. The van der Waals surface area contributed by atoms with Crippen LogP contribution in [0.4, 0.5) is 0 Å². The van der Waals surface area contributed by atoms with Gasteiger partial charge >= 0.3 is 5.97 Å². The lowest BCUT2D eigenvalue weighted by Gasteiger charge is -2.36. The van der Waals surface area contributed by atoms with E-state index in [9.17, 15) is 13.2 Å². The van der Waals surface area contributed by atoms with Crippen molar-refractivity contribution in [2.45, 2.75) is 62.3 Å². The Morgan fingerprint density at radius 2 is 1.78 bits per heavy atom. The molecule has 1 saturated carbocycles. The number of esters is 1. The molecule has 8 heteroatoms. The molecule has 2 heterocycles. The molecule has 1 aliphatic carbocycles. The topological polar surface area (TPSA) is 75.7 Å². The van der Waals surface area contributed by atoms with Gasteiger partial charge in [0.1, 0.15) is 0 Å². The van der Waals surface area contributed by atoms with Gasteiger partial charge in [-0.05, 0) is 38.6 Å². The van der Waals surface area contributed by atoms with Gasteiger partial charge < -0.3 is 10.1 Å². The Morgan fingerprint density at radius 3 is 2.52 bits per heavy atom. The first kappa shape index (κ1) is 19.0. The Morgan fingerprint density at radius 1 is 1.09 bits per heavy atom. The summed E-state index contributed by atoms with van der Waals surface area (Å²) in [5.74, 6) is -0.868. The van der Waals surface area contributed by atoms with Gasteiger partial charge in [0, 0.05) is 18.6 Å². The van der Waals surface area contributed by atoms with Gasteiger partial charge in [0.05, 0.1) is 18.3 Å². The molecule has 0 aromatic heterocycles. The minimum Gasteiger partial charge on any atom is -0.469 e. The van der Waals surface area contributed by atoms with Crippen molar-refractivity contribution in [1.82, 2.24) is 9.62 Å². The maximum absolute atomic E-state index is 13.3. The first-order chi connectivity index (χ1) is 10.6. The number of rotatable bonds is 3. The summed E-state index contributed by atoms with van der Waals surface area (Å²) in [4.78, 5) is 12.0. The van der Waals surface area contributed by atoms with Crippen molar-refractivity contribution < 1.29 is 17.9 Å². The zero-order valence-electron chi connectivity index (χ0n) is 13.6. The van der Waals surface area contributed by atoms with E-state index in [0.29, 0.717) is 12.8 Å². The standard InChI is InChI=1S/C15H26N2O4S.ClH/c1-21-15(18)13-4-2-3-5-14(13)22(19,20)17-11-6-7-12(17)10-16-9-8-11;/h11-14,16H,2-10H2,1H3;1H. The van der Waals surface area contributed by atoms with Gasteiger partial charge in [0.15, 0.2) is 0 Å². The van der Waals surface area contributed by atoms with E-state index in [-0.39, 0.29) is 30.5 Å². The van der Waals surface area contributed by atoms with Crippen LogP contribution in [-0.4, -0.2) is 56.2 Å². The fourth-order valence-corrected chi connectivity index (χ4v) is 7.05. The van der Waals surface area contributed by atoms with Crippen LogP contribution in [-0.2, 0) is 19.6 Å². The number of ether oxygens (including phenoxy) is 1. The van der Waals surface area contributed by atoms with Crippen molar-refractivity contribution in [3.63, 3.8) is 0 Å². The first-order valence-corrected chi connectivity index (χ1v) is 9.87. The second-order valence-electron chi connectivity index (χ2n) is 6.71. The molecule has 3 rings (SSSR count). The normalized spacial score (nSPS) is 35.2. The van der Waals surface area contributed by atoms with E-state index in [4.69, 9.17) is 4.74 Å². The highest BCUT2D eigenvalue weighted by Gasteiger charge is 2.49. The van der Waals surface area contributed by atoms with Crippen molar-refractivity contribution in [2.24, 2.45) is 5.92 Å². The lowest BCUT2D eigenvalue weighted by molar-refractivity contribution is -0.146. The molecule has 3 fully saturated rings. The zero-order chi connectivity index (χ0) is 15.7. The van der Waals surface area contributed by atoms with Crippen molar-refractivity contribution in [3.05, 3.63) is 0 Å². The lowest BCUT2D eigenvalue weighted by Crippen LogP contribution is -2.51. The monoisotopic (exact) mass is 366 g/mol. The van der Waals surface area contributed by atoms with Gasteiger partial charge in [-0.3, -0.25) is 4.79 Å². The minimum absolute atomic E-state index is 0. The van der Waals surface area contributed by atoms with E-state index in [1.54, 1.807) is 4.31 Å². The Balaban J connectivity index is 0.00000192. The molecule has 134 valence electrons. The van der Waals surface area contributed by atoms with Crippen molar-refractivity contribution in [2.75, 3.05) is 20.2 Å². The van der Waals surface area contributed by atoms with Gasteiger partial charge in [-0.15, -0.1) is 12.4 Å². The third kappa shape index (κ3) is 3.52. The summed E-state index contributed by atoms with van der Waals surface area (Å²) in [5.41, 5.74) is 0. The molecule has 1 N–H and O–H groups in total. The zero-order valence-corrected chi connectivity index (χ0v) is 15.2. The molecule has 0 amide bonds. The van der Waals surface area contributed by atoms with Gasteiger partial charge in [-0.2, -0.15) is 4.31 Å². The Hall–Kier alpha value is -0.370. The van der Waals surface area contributed by atoms with E-state index in [0.717, 1.165) is 45.2 Å². The summed E-state index contributed by atoms with van der Waals surface area (Å²) < 4.78 is 33.2. The van der Waals surface area contributed by atoms with Crippen LogP contribution in [0.2, 0.25) is 0 Å². The summed E-state index contributed by atoms with van der Waals surface area (Å²) in [7, 11) is -2.11. The third-order valence-electron chi connectivity index (χ3n) is 5.47. The van der Waals surface area contributed by atoms with Crippen molar-refractivity contribution in [3.8, 4) is 0 Å². The van der Waals surface area contributed by atoms with Crippen LogP contribution in [0.1, 0.15) is 44.9 Å². The van der Waals surface area contributed by atoms with Crippen LogP contribution in [0.15, 0.2) is 0 Å². The number of methoxy groups -OCH3 is 1. The number of hydrogen-bond acceptors (Lipinski definition) is 5. The highest BCUT2D eigenvalue weighted by molar-refractivity contribution is 7.89. The van der Waals surface area contributed by atoms with Crippen LogP contribution >= 0.6 is 12.4 Å². The first-order valence-electron chi connectivity index (χ1n) is 8.36. The van der Waals surface area contributed by atoms with E-state index in [1.165, 1.54) is 7.11 Å². The van der Waals surface area contributed by atoms with Gasteiger partial charge in [0.25, 0.3) is 0 Å². The quantitative estimate of drug-likeness (QED) is 0.762. The molecular formula is C15H27ClN2O4S. The van der Waals surface area contributed by atoms with Crippen LogP contribution in [0.3, 0.4) is 0 Å². The maximum atomic E-state index is 13.3.